The summed E-state index contributed by atoms with van der Waals surface area (Å²) in [5, 5.41) is 0. The van der Waals surface area contributed by atoms with Gasteiger partial charge < -0.3 is 4.74 Å². The minimum Gasteiger partial charge on any atom is -0.377 e. The van der Waals surface area contributed by atoms with Gasteiger partial charge in [-0.2, -0.15) is 0 Å². The van der Waals surface area contributed by atoms with E-state index < -0.39 is 0 Å². The third kappa shape index (κ3) is 1.85. The first kappa shape index (κ1) is 14.0. The van der Waals surface area contributed by atoms with Crippen molar-refractivity contribution >= 4 is 0 Å². The molecular weight excluding hydrogens is 292 g/mol. The van der Waals surface area contributed by atoms with Crippen molar-refractivity contribution in [2.24, 2.45) is 0 Å². The highest BCUT2D eigenvalue weighted by Crippen LogP contribution is 2.55. The van der Waals surface area contributed by atoms with E-state index in [0.29, 0.717) is 18.4 Å². The summed E-state index contributed by atoms with van der Waals surface area (Å²) in [4.78, 5) is 0. The van der Waals surface area contributed by atoms with Crippen LogP contribution in [-0.2, 0) is 11.3 Å². The zero-order valence-electron chi connectivity index (χ0n) is 13.8. The molecule has 0 spiro atoms. The zero-order chi connectivity index (χ0) is 16.1. The molecule has 6 rings (SSSR count). The summed E-state index contributed by atoms with van der Waals surface area (Å²) in [6.07, 6.45) is 0. The van der Waals surface area contributed by atoms with Crippen molar-refractivity contribution < 1.29 is 4.74 Å². The molecule has 0 N–H and O–H groups in total. The van der Waals surface area contributed by atoms with Gasteiger partial charge in [-0.1, -0.05) is 66.7 Å². The van der Waals surface area contributed by atoms with Crippen LogP contribution in [0.3, 0.4) is 0 Å². The Balaban J connectivity index is 1.74. The highest BCUT2D eigenvalue weighted by atomic mass is 16.5. The largest absolute Gasteiger partial charge is 0.377 e. The lowest BCUT2D eigenvalue weighted by molar-refractivity contribution is 0.134. The summed E-state index contributed by atoms with van der Waals surface area (Å²) in [5.74, 6) is 0.734. The Kier molecular flexibility index (Phi) is 3.11. The van der Waals surface area contributed by atoms with Gasteiger partial charge in [-0.15, -0.1) is 0 Å². The number of rotatable bonds is 3. The number of benzene rings is 3. The third-order valence-electron chi connectivity index (χ3n) is 5.48. The van der Waals surface area contributed by atoms with Gasteiger partial charge in [0, 0.05) is 18.4 Å². The molecule has 1 nitrogen and oxygen atoms in total. The molecule has 0 saturated heterocycles. The molecule has 0 saturated carbocycles. The summed E-state index contributed by atoms with van der Waals surface area (Å²) in [7, 11) is 0. The molecule has 118 valence electrons. The molecule has 0 aromatic heterocycles. The fourth-order valence-electron chi connectivity index (χ4n) is 4.53. The van der Waals surface area contributed by atoms with E-state index in [1.54, 1.807) is 0 Å². The molecule has 0 unspecified atom stereocenters. The van der Waals surface area contributed by atoms with Gasteiger partial charge in [0.2, 0.25) is 0 Å². The van der Waals surface area contributed by atoms with E-state index in [4.69, 9.17) is 4.74 Å². The molecule has 0 amide bonds. The molecule has 3 aliphatic rings. The molecule has 0 atom stereocenters. The summed E-state index contributed by atoms with van der Waals surface area (Å²) >= 11 is 0. The maximum absolute atomic E-state index is 5.63. The van der Waals surface area contributed by atoms with Crippen LogP contribution in [0, 0.1) is 0 Å². The van der Waals surface area contributed by atoms with Crippen molar-refractivity contribution in [3.8, 4) is 0 Å². The molecule has 3 aromatic carbocycles. The molecule has 0 radical (unpaired) electrons. The normalized spacial score (nSPS) is 19.5. The molecule has 0 fully saturated rings. The van der Waals surface area contributed by atoms with Gasteiger partial charge in [0.05, 0.1) is 6.61 Å². The highest BCUT2D eigenvalue weighted by Gasteiger charge is 2.40. The highest BCUT2D eigenvalue weighted by molar-refractivity contribution is 5.68. The lowest BCUT2D eigenvalue weighted by atomic mass is 9.61. The van der Waals surface area contributed by atoms with Crippen LogP contribution in [0.5, 0.6) is 0 Å². The molecule has 2 bridgehead atoms. The average molecular weight is 312 g/mol. The summed E-state index contributed by atoms with van der Waals surface area (Å²) in [6.45, 7) is 3.51. The van der Waals surface area contributed by atoms with E-state index in [2.05, 4.69) is 66.7 Å². The Hall–Kier alpha value is -2.38. The van der Waals surface area contributed by atoms with Crippen LogP contribution >= 0.6 is 0 Å². The Morgan fingerprint density at radius 1 is 0.667 bits per heavy atom. The predicted molar refractivity (Wildman–Crippen MR) is 96.5 cm³/mol. The Labute approximate surface area is 142 Å². The number of hydrogen-bond acceptors (Lipinski definition) is 1. The quantitative estimate of drug-likeness (QED) is 0.444. The van der Waals surface area contributed by atoms with Crippen molar-refractivity contribution in [3.05, 3.63) is 106 Å². The average Bonchev–Trinajstić information content (AvgIpc) is 2.65. The maximum atomic E-state index is 5.63. The number of ether oxygens (including phenoxy) is 1. The number of hydrogen-bond donors (Lipinski definition) is 0. The fourth-order valence-corrected chi connectivity index (χ4v) is 4.53. The maximum Gasteiger partial charge on any atom is 0.0716 e. The summed E-state index contributed by atoms with van der Waals surface area (Å²) < 4.78 is 5.63. The fraction of sp³-hybridized carbons (Fsp3) is 0.217. The van der Waals surface area contributed by atoms with Gasteiger partial charge in [-0.3, -0.25) is 0 Å². The lowest BCUT2D eigenvalue weighted by Gasteiger charge is -2.42. The Morgan fingerprint density at radius 3 is 1.71 bits per heavy atom. The van der Waals surface area contributed by atoms with Crippen molar-refractivity contribution in [2.45, 2.75) is 25.4 Å². The van der Waals surface area contributed by atoms with Crippen molar-refractivity contribution in [2.75, 3.05) is 6.61 Å². The van der Waals surface area contributed by atoms with Gasteiger partial charge in [0.25, 0.3) is 0 Å². The zero-order valence-corrected chi connectivity index (χ0v) is 13.8. The standard InChI is InChI=1S/C23H20O/c1-2-24-14-15-11-12-20-21(13-15)23-18-9-5-3-7-16(18)22(20)17-8-4-6-10-19(17)23/h3-13,22-23H,2,14H2,1H3. The van der Waals surface area contributed by atoms with Crippen LogP contribution in [-0.4, -0.2) is 6.61 Å². The van der Waals surface area contributed by atoms with Crippen LogP contribution in [0.2, 0.25) is 0 Å². The third-order valence-corrected chi connectivity index (χ3v) is 5.48. The SMILES string of the molecule is CCOCc1ccc2c(c1)C1c3ccccc3C2c2ccccc21. The van der Waals surface area contributed by atoms with Crippen molar-refractivity contribution in [3.63, 3.8) is 0 Å². The minimum atomic E-state index is 0.360. The topological polar surface area (TPSA) is 9.23 Å². The first-order valence-electron chi connectivity index (χ1n) is 8.76. The van der Waals surface area contributed by atoms with E-state index in [1.165, 1.54) is 38.9 Å². The second-order valence-electron chi connectivity index (χ2n) is 6.72. The Bertz CT molecular complexity index is 877. The summed E-state index contributed by atoms with van der Waals surface area (Å²) in [6, 6.07) is 24.8. The molecular formula is C23H20O. The van der Waals surface area contributed by atoms with E-state index in [9.17, 15) is 0 Å². The molecule has 1 heteroatoms. The van der Waals surface area contributed by atoms with E-state index in [1.807, 2.05) is 6.92 Å². The molecule has 3 aromatic rings. The van der Waals surface area contributed by atoms with Gasteiger partial charge in [-0.25, -0.2) is 0 Å². The smallest absolute Gasteiger partial charge is 0.0716 e. The van der Waals surface area contributed by atoms with Crippen molar-refractivity contribution in [1.29, 1.82) is 0 Å². The van der Waals surface area contributed by atoms with Gasteiger partial charge in [-0.05, 0) is 45.9 Å². The van der Waals surface area contributed by atoms with Crippen LogP contribution in [0.15, 0.2) is 66.7 Å². The molecule has 0 heterocycles. The van der Waals surface area contributed by atoms with Gasteiger partial charge in [0.1, 0.15) is 0 Å². The summed E-state index contributed by atoms with van der Waals surface area (Å²) in [5.41, 5.74) is 10.1. The minimum absolute atomic E-state index is 0.360. The first-order valence-corrected chi connectivity index (χ1v) is 8.76. The molecule has 0 aliphatic heterocycles. The first-order chi connectivity index (χ1) is 11.9. The van der Waals surface area contributed by atoms with E-state index >= 15 is 0 Å². The van der Waals surface area contributed by atoms with Crippen LogP contribution in [0.4, 0.5) is 0 Å². The molecule has 3 aliphatic carbocycles. The van der Waals surface area contributed by atoms with Crippen LogP contribution < -0.4 is 0 Å². The van der Waals surface area contributed by atoms with Gasteiger partial charge >= 0.3 is 0 Å². The monoisotopic (exact) mass is 312 g/mol. The van der Waals surface area contributed by atoms with E-state index in [0.717, 1.165) is 6.61 Å². The Morgan fingerprint density at radius 2 is 1.17 bits per heavy atom. The lowest BCUT2D eigenvalue weighted by Crippen LogP contribution is -2.27. The second kappa shape index (κ2) is 5.32. The second-order valence-corrected chi connectivity index (χ2v) is 6.72. The van der Waals surface area contributed by atoms with Crippen molar-refractivity contribution in [1.82, 2.24) is 0 Å². The predicted octanol–water partition coefficient (Wildman–Crippen LogP) is 5.21. The van der Waals surface area contributed by atoms with E-state index in [-0.39, 0.29) is 0 Å². The molecule has 24 heavy (non-hydrogen) atoms. The van der Waals surface area contributed by atoms with Crippen LogP contribution in [0.1, 0.15) is 57.7 Å². The van der Waals surface area contributed by atoms with Crippen LogP contribution in [0.25, 0.3) is 0 Å². The van der Waals surface area contributed by atoms with Gasteiger partial charge in [0.15, 0.2) is 0 Å².